The molecule has 1 saturated heterocycles. The van der Waals surface area contributed by atoms with Gasteiger partial charge in [-0.1, -0.05) is 6.92 Å². The van der Waals surface area contributed by atoms with Crippen LogP contribution in [-0.4, -0.2) is 59.3 Å². The minimum Gasteiger partial charge on any atom is -0.478 e. The van der Waals surface area contributed by atoms with Gasteiger partial charge in [0.05, 0.1) is 30.4 Å². The normalized spacial score (nSPS) is 18.3. The summed E-state index contributed by atoms with van der Waals surface area (Å²) in [4.78, 5) is 37.0. The molecule has 0 unspecified atom stereocenters. The van der Waals surface area contributed by atoms with Gasteiger partial charge in [0.25, 0.3) is 0 Å². The highest BCUT2D eigenvalue weighted by Gasteiger charge is 2.32. The van der Waals surface area contributed by atoms with E-state index in [9.17, 15) is 23.2 Å². The lowest BCUT2D eigenvalue weighted by atomic mass is 9.93. The first-order chi connectivity index (χ1) is 13.4. The van der Waals surface area contributed by atoms with Crippen LogP contribution in [0.2, 0.25) is 0 Å². The molecule has 1 N–H and O–H groups in total. The molecule has 0 radical (unpaired) electrons. The molecule has 2 rings (SSSR count). The number of amides is 1. The number of ether oxygens (including phenoxy) is 2. The summed E-state index contributed by atoms with van der Waals surface area (Å²) >= 11 is 0. The average Bonchev–Trinajstić information content (AvgIpc) is 2.59. The van der Waals surface area contributed by atoms with Crippen molar-refractivity contribution in [2.45, 2.75) is 45.8 Å². The van der Waals surface area contributed by atoms with Gasteiger partial charge in [-0.25, -0.2) is 18.4 Å². The van der Waals surface area contributed by atoms with E-state index >= 15 is 0 Å². The van der Waals surface area contributed by atoms with E-state index in [-0.39, 0.29) is 19.6 Å². The van der Waals surface area contributed by atoms with Gasteiger partial charge in [0.1, 0.15) is 17.2 Å². The smallest absolute Gasteiger partial charge is 0.410 e. The molecule has 1 aromatic carbocycles. The van der Waals surface area contributed by atoms with Gasteiger partial charge in [-0.3, -0.25) is 4.79 Å². The van der Waals surface area contributed by atoms with Crippen LogP contribution in [0.4, 0.5) is 13.6 Å². The minimum atomic E-state index is -1.49. The van der Waals surface area contributed by atoms with Gasteiger partial charge < -0.3 is 19.5 Å². The molecular formula is C20H25F2NO6. The summed E-state index contributed by atoms with van der Waals surface area (Å²) in [5.41, 5.74) is -2.00. The maximum Gasteiger partial charge on any atom is 0.410 e. The van der Waals surface area contributed by atoms with Crippen LogP contribution in [0.5, 0.6) is 0 Å². The number of carbonyl (C=O) groups is 3. The Kier molecular flexibility index (Phi) is 6.94. The van der Waals surface area contributed by atoms with Crippen LogP contribution in [0.1, 0.15) is 54.8 Å². The summed E-state index contributed by atoms with van der Waals surface area (Å²) in [6.45, 7) is 7.72. The fourth-order valence-electron chi connectivity index (χ4n) is 3.00. The monoisotopic (exact) mass is 413 g/mol. The van der Waals surface area contributed by atoms with Gasteiger partial charge in [0.15, 0.2) is 5.78 Å². The third-order valence-electron chi connectivity index (χ3n) is 4.46. The number of carboxylic acids is 1. The number of ketones is 1. The largest absolute Gasteiger partial charge is 0.478 e. The molecule has 1 fully saturated rings. The highest BCUT2D eigenvalue weighted by molar-refractivity contribution is 5.98. The molecule has 0 aromatic heterocycles. The van der Waals surface area contributed by atoms with Crippen molar-refractivity contribution in [2.75, 3.05) is 19.7 Å². The summed E-state index contributed by atoms with van der Waals surface area (Å²) in [6.07, 6.45) is -1.23. The highest BCUT2D eigenvalue weighted by Crippen LogP contribution is 2.24. The maximum atomic E-state index is 14.1. The van der Waals surface area contributed by atoms with Gasteiger partial charge in [0.2, 0.25) is 0 Å². The van der Waals surface area contributed by atoms with Crippen LogP contribution >= 0.6 is 0 Å². The Hall–Kier alpha value is -2.55. The quantitative estimate of drug-likeness (QED) is 0.743. The third-order valence-corrected chi connectivity index (χ3v) is 4.46. The van der Waals surface area contributed by atoms with Crippen molar-refractivity contribution in [3.8, 4) is 0 Å². The van der Waals surface area contributed by atoms with Crippen molar-refractivity contribution in [1.29, 1.82) is 0 Å². The molecule has 2 atom stereocenters. The van der Waals surface area contributed by atoms with Gasteiger partial charge in [0, 0.05) is 13.0 Å². The summed E-state index contributed by atoms with van der Waals surface area (Å²) in [7, 11) is 0. The van der Waals surface area contributed by atoms with Gasteiger partial charge in [-0.2, -0.15) is 0 Å². The highest BCUT2D eigenvalue weighted by atomic mass is 19.1. The van der Waals surface area contributed by atoms with Crippen LogP contribution in [0, 0.1) is 17.6 Å². The van der Waals surface area contributed by atoms with Gasteiger partial charge in [-0.05, 0) is 38.8 Å². The van der Waals surface area contributed by atoms with Crippen LogP contribution in [0.3, 0.4) is 0 Å². The number of hydrogen-bond acceptors (Lipinski definition) is 5. The summed E-state index contributed by atoms with van der Waals surface area (Å²) in [5.74, 6) is -5.18. The van der Waals surface area contributed by atoms with Crippen molar-refractivity contribution in [3.05, 3.63) is 34.9 Å². The first kappa shape index (κ1) is 22.7. The SMILES string of the molecule is C[C@@H](CC(=O)c1c(F)cc(C(=O)O)cc1F)[C@H]1CN(C(=O)OC(C)(C)C)CCO1. The Bertz CT molecular complexity index is 782. The second-order valence-corrected chi connectivity index (χ2v) is 8.06. The predicted octanol–water partition coefficient (Wildman–Crippen LogP) is 3.51. The first-order valence-electron chi connectivity index (χ1n) is 9.24. The van der Waals surface area contributed by atoms with Crippen molar-refractivity contribution in [1.82, 2.24) is 4.90 Å². The summed E-state index contributed by atoms with van der Waals surface area (Å²) < 4.78 is 39.2. The van der Waals surface area contributed by atoms with Crippen LogP contribution in [-0.2, 0) is 9.47 Å². The van der Waals surface area contributed by atoms with Crippen molar-refractivity contribution < 1.29 is 37.7 Å². The lowest BCUT2D eigenvalue weighted by molar-refractivity contribution is -0.0606. The van der Waals surface area contributed by atoms with E-state index in [4.69, 9.17) is 14.6 Å². The molecular weight excluding hydrogens is 388 g/mol. The third kappa shape index (κ3) is 5.96. The van der Waals surface area contributed by atoms with Crippen LogP contribution in [0.25, 0.3) is 0 Å². The number of carbonyl (C=O) groups excluding carboxylic acids is 2. The summed E-state index contributed by atoms with van der Waals surface area (Å²) in [6, 6.07) is 1.23. The number of aromatic carboxylic acids is 1. The van der Waals surface area contributed by atoms with Gasteiger partial charge >= 0.3 is 12.1 Å². The lowest BCUT2D eigenvalue weighted by Crippen LogP contribution is -2.49. The van der Waals surface area contributed by atoms with Crippen molar-refractivity contribution in [3.63, 3.8) is 0 Å². The molecule has 7 nitrogen and oxygen atoms in total. The molecule has 0 bridgehead atoms. The Labute approximate surface area is 167 Å². The molecule has 0 aliphatic carbocycles. The Morgan fingerprint density at radius 1 is 1.28 bits per heavy atom. The van der Waals surface area contributed by atoms with Crippen LogP contribution < -0.4 is 0 Å². The number of halogens is 2. The van der Waals surface area contributed by atoms with Crippen molar-refractivity contribution >= 4 is 17.8 Å². The zero-order valence-corrected chi connectivity index (χ0v) is 16.8. The minimum absolute atomic E-state index is 0.187. The molecule has 1 amide bonds. The molecule has 0 saturated carbocycles. The fourth-order valence-corrected chi connectivity index (χ4v) is 3.00. The zero-order chi connectivity index (χ0) is 21.9. The molecule has 1 aliphatic heterocycles. The Balaban J connectivity index is 2.06. The van der Waals surface area contributed by atoms with E-state index in [0.29, 0.717) is 18.7 Å². The van der Waals surface area contributed by atoms with E-state index < -0.39 is 58.2 Å². The number of rotatable bonds is 5. The fraction of sp³-hybridized carbons (Fsp3) is 0.550. The lowest BCUT2D eigenvalue weighted by Gasteiger charge is -2.36. The number of hydrogen-bond donors (Lipinski definition) is 1. The molecule has 160 valence electrons. The number of morpholine rings is 1. The van der Waals surface area contributed by atoms with Crippen molar-refractivity contribution in [2.24, 2.45) is 5.92 Å². The van der Waals surface area contributed by atoms with E-state index in [1.54, 1.807) is 27.7 Å². The Morgan fingerprint density at radius 3 is 2.38 bits per heavy atom. The van der Waals surface area contributed by atoms with Gasteiger partial charge in [-0.15, -0.1) is 0 Å². The van der Waals surface area contributed by atoms with Crippen LogP contribution in [0.15, 0.2) is 12.1 Å². The number of Topliss-reactive ketones (excluding diaryl/α,β-unsaturated/α-hetero) is 1. The Morgan fingerprint density at radius 2 is 1.86 bits per heavy atom. The second kappa shape index (κ2) is 8.86. The molecule has 29 heavy (non-hydrogen) atoms. The number of carboxylic acid groups (broad SMARTS) is 1. The first-order valence-corrected chi connectivity index (χ1v) is 9.24. The number of nitrogens with zero attached hydrogens (tertiary/aromatic N) is 1. The van der Waals surface area contributed by atoms with E-state index in [1.165, 1.54) is 4.90 Å². The molecule has 9 heteroatoms. The standard InChI is InChI=1S/C20H25F2NO6/c1-11(16-10-23(5-6-28-16)19(27)29-20(2,3)4)7-15(24)17-13(21)8-12(18(25)26)9-14(17)22/h8-9,11,16H,5-7,10H2,1-4H3,(H,25,26)/t11-,16+/m0/s1. The number of benzene rings is 1. The summed E-state index contributed by atoms with van der Waals surface area (Å²) in [5, 5.41) is 8.84. The van der Waals surface area contributed by atoms with E-state index in [1.807, 2.05) is 0 Å². The average molecular weight is 413 g/mol. The van der Waals surface area contributed by atoms with E-state index in [0.717, 1.165) is 0 Å². The molecule has 0 spiro atoms. The maximum absolute atomic E-state index is 14.1. The molecule has 1 heterocycles. The second-order valence-electron chi connectivity index (χ2n) is 8.06. The predicted molar refractivity (Wildman–Crippen MR) is 99.0 cm³/mol. The molecule has 1 aliphatic rings. The van der Waals surface area contributed by atoms with E-state index in [2.05, 4.69) is 0 Å². The topological polar surface area (TPSA) is 93.1 Å². The molecule has 1 aromatic rings. The zero-order valence-electron chi connectivity index (χ0n) is 16.8.